The van der Waals surface area contributed by atoms with Crippen molar-refractivity contribution in [2.75, 3.05) is 0 Å². The number of ether oxygens (including phenoxy) is 1. The first-order valence-electron chi connectivity index (χ1n) is 4.29. The third-order valence-electron chi connectivity index (χ3n) is 1.98. The van der Waals surface area contributed by atoms with Crippen molar-refractivity contribution in [3.63, 3.8) is 0 Å². The number of hydrogen-bond acceptors (Lipinski definition) is 3. The van der Waals surface area contributed by atoms with Gasteiger partial charge in [0.05, 0.1) is 11.1 Å². The van der Waals surface area contributed by atoms with Crippen LogP contribution in [0, 0.1) is 18.3 Å². The van der Waals surface area contributed by atoms with Gasteiger partial charge in [-0.3, -0.25) is 0 Å². The average molecular weight is 245 g/mol. The average Bonchev–Trinajstić information content (AvgIpc) is 2.18. The first kappa shape index (κ1) is 12.8. The molecule has 0 amide bonds. The Morgan fingerprint density at radius 2 is 2.06 bits per heavy atom. The van der Waals surface area contributed by atoms with Gasteiger partial charge in [-0.05, 0) is 19.1 Å². The molecule has 0 fully saturated rings. The van der Waals surface area contributed by atoms with Crippen molar-refractivity contribution in [1.29, 1.82) is 5.26 Å². The second-order valence-electron chi connectivity index (χ2n) is 3.08. The molecule has 0 aliphatic heterocycles. The maximum absolute atomic E-state index is 12.0. The summed E-state index contributed by atoms with van der Waals surface area (Å²) < 4.78 is 39.7. The van der Waals surface area contributed by atoms with E-state index in [0.29, 0.717) is 0 Å². The van der Waals surface area contributed by atoms with Crippen LogP contribution in [0.25, 0.3) is 0 Å². The largest absolute Gasteiger partial charge is 0.573 e. The smallest absolute Gasteiger partial charge is 0.478 e. The van der Waals surface area contributed by atoms with Crippen molar-refractivity contribution in [1.82, 2.24) is 0 Å². The molecule has 0 spiro atoms. The van der Waals surface area contributed by atoms with Gasteiger partial charge in [-0.25, -0.2) is 4.79 Å². The summed E-state index contributed by atoms with van der Waals surface area (Å²) in [5.74, 6) is -2.11. The van der Waals surface area contributed by atoms with Gasteiger partial charge in [0, 0.05) is 5.56 Å². The number of benzene rings is 1. The summed E-state index contributed by atoms with van der Waals surface area (Å²) in [4.78, 5) is 10.8. The molecule has 0 saturated carbocycles. The molecule has 0 heterocycles. The second-order valence-corrected chi connectivity index (χ2v) is 3.08. The summed E-state index contributed by atoms with van der Waals surface area (Å²) in [6.45, 7) is 1.14. The van der Waals surface area contributed by atoms with E-state index in [0.717, 1.165) is 19.1 Å². The molecule has 7 heteroatoms. The molecule has 17 heavy (non-hydrogen) atoms. The summed E-state index contributed by atoms with van der Waals surface area (Å²) in [5.41, 5.74) is -0.951. The number of carbonyl (C=O) groups is 1. The van der Waals surface area contributed by atoms with Crippen LogP contribution in [-0.4, -0.2) is 17.4 Å². The van der Waals surface area contributed by atoms with E-state index in [1.54, 1.807) is 6.07 Å². The molecule has 4 nitrogen and oxygen atoms in total. The van der Waals surface area contributed by atoms with Crippen molar-refractivity contribution >= 4 is 5.97 Å². The van der Waals surface area contributed by atoms with Crippen LogP contribution in [-0.2, 0) is 0 Å². The van der Waals surface area contributed by atoms with E-state index < -0.39 is 23.6 Å². The Morgan fingerprint density at radius 3 is 2.47 bits per heavy atom. The van der Waals surface area contributed by atoms with Crippen LogP contribution >= 0.6 is 0 Å². The van der Waals surface area contributed by atoms with Crippen molar-refractivity contribution in [2.45, 2.75) is 13.3 Å². The SMILES string of the molecule is Cc1c(OC(F)(F)F)ccc(C#N)c1C(=O)O. The molecular formula is C10H6F3NO3. The Labute approximate surface area is 93.8 Å². The predicted molar refractivity (Wildman–Crippen MR) is 49.5 cm³/mol. The van der Waals surface area contributed by atoms with Gasteiger partial charge in [0.2, 0.25) is 0 Å². The topological polar surface area (TPSA) is 70.3 Å². The highest BCUT2D eigenvalue weighted by atomic mass is 19.4. The molecule has 0 aliphatic rings. The van der Waals surface area contributed by atoms with Gasteiger partial charge in [-0.15, -0.1) is 13.2 Å². The molecule has 0 atom stereocenters. The number of rotatable bonds is 2. The molecule has 90 valence electrons. The van der Waals surface area contributed by atoms with Gasteiger partial charge in [-0.1, -0.05) is 0 Å². The van der Waals surface area contributed by atoms with Crippen LogP contribution in [0.4, 0.5) is 13.2 Å². The molecule has 1 rings (SSSR count). The second kappa shape index (κ2) is 4.33. The van der Waals surface area contributed by atoms with Gasteiger partial charge in [-0.2, -0.15) is 5.26 Å². The normalized spacial score (nSPS) is 10.8. The quantitative estimate of drug-likeness (QED) is 0.868. The zero-order valence-corrected chi connectivity index (χ0v) is 8.50. The minimum absolute atomic E-state index is 0.218. The lowest BCUT2D eigenvalue weighted by atomic mass is 10.0. The standard InChI is InChI=1S/C10H6F3NO3/c1-5-7(17-10(11,12)13)3-2-6(4-14)8(5)9(15)16/h2-3H,1H3,(H,15,16). The molecule has 0 radical (unpaired) electrons. The summed E-state index contributed by atoms with van der Waals surface area (Å²) >= 11 is 0. The van der Waals surface area contributed by atoms with Crippen LogP contribution in [0.2, 0.25) is 0 Å². The lowest BCUT2D eigenvalue weighted by Crippen LogP contribution is -2.18. The molecular weight excluding hydrogens is 239 g/mol. The molecule has 0 bridgehead atoms. The van der Waals surface area contributed by atoms with E-state index in [9.17, 15) is 18.0 Å². The molecule has 0 aromatic heterocycles. The third kappa shape index (κ3) is 2.87. The van der Waals surface area contributed by atoms with E-state index in [-0.39, 0.29) is 11.1 Å². The third-order valence-corrected chi connectivity index (χ3v) is 1.98. The fourth-order valence-corrected chi connectivity index (χ4v) is 1.30. The number of aromatic carboxylic acids is 1. The summed E-state index contributed by atoms with van der Waals surface area (Å²) in [5, 5.41) is 17.5. The van der Waals surface area contributed by atoms with Gasteiger partial charge >= 0.3 is 12.3 Å². The number of carboxylic acid groups (broad SMARTS) is 1. The summed E-state index contributed by atoms with van der Waals surface area (Å²) in [6, 6.07) is 3.47. The lowest BCUT2D eigenvalue weighted by Gasteiger charge is -2.13. The Morgan fingerprint density at radius 1 is 1.47 bits per heavy atom. The van der Waals surface area contributed by atoms with Crippen LogP contribution in [0.15, 0.2) is 12.1 Å². The van der Waals surface area contributed by atoms with E-state index >= 15 is 0 Å². The summed E-state index contributed by atoms with van der Waals surface area (Å²) in [7, 11) is 0. The maximum Gasteiger partial charge on any atom is 0.573 e. The molecule has 0 unspecified atom stereocenters. The number of nitrogens with zero attached hydrogens (tertiary/aromatic N) is 1. The van der Waals surface area contributed by atoms with Crippen molar-refractivity contribution < 1.29 is 27.8 Å². The summed E-state index contributed by atoms with van der Waals surface area (Å²) in [6.07, 6.45) is -4.91. The molecule has 0 aliphatic carbocycles. The van der Waals surface area contributed by atoms with Crippen LogP contribution in [0.5, 0.6) is 5.75 Å². The minimum Gasteiger partial charge on any atom is -0.478 e. The fraction of sp³-hybridized carbons (Fsp3) is 0.200. The van der Waals surface area contributed by atoms with Gasteiger partial charge < -0.3 is 9.84 Å². The van der Waals surface area contributed by atoms with Crippen LogP contribution < -0.4 is 4.74 Å². The zero-order chi connectivity index (χ0) is 13.2. The molecule has 0 saturated heterocycles. The van der Waals surface area contributed by atoms with Gasteiger partial charge in [0.1, 0.15) is 11.8 Å². The number of halogens is 3. The first-order valence-corrected chi connectivity index (χ1v) is 4.29. The zero-order valence-electron chi connectivity index (χ0n) is 8.50. The van der Waals surface area contributed by atoms with Crippen molar-refractivity contribution in [2.24, 2.45) is 0 Å². The highest BCUT2D eigenvalue weighted by molar-refractivity contribution is 5.93. The highest BCUT2D eigenvalue weighted by Gasteiger charge is 2.32. The van der Waals surface area contributed by atoms with E-state index in [4.69, 9.17) is 10.4 Å². The van der Waals surface area contributed by atoms with Crippen molar-refractivity contribution in [3.8, 4) is 11.8 Å². The predicted octanol–water partition coefficient (Wildman–Crippen LogP) is 2.46. The lowest BCUT2D eigenvalue weighted by molar-refractivity contribution is -0.274. The van der Waals surface area contributed by atoms with E-state index in [2.05, 4.69) is 4.74 Å². The van der Waals surface area contributed by atoms with Crippen molar-refractivity contribution in [3.05, 3.63) is 28.8 Å². The Balaban J connectivity index is 3.35. The first-order chi connectivity index (χ1) is 7.76. The molecule has 1 N–H and O–H groups in total. The Hall–Kier alpha value is -2.23. The Bertz CT molecular complexity index is 503. The van der Waals surface area contributed by atoms with E-state index in [1.807, 2.05) is 0 Å². The van der Waals surface area contributed by atoms with Gasteiger partial charge in [0.15, 0.2) is 0 Å². The fourth-order valence-electron chi connectivity index (χ4n) is 1.30. The van der Waals surface area contributed by atoms with Crippen LogP contribution in [0.1, 0.15) is 21.5 Å². The number of nitriles is 1. The molecule has 1 aromatic rings. The van der Waals surface area contributed by atoms with E-state index in [1.165, 1.54) is 0 Å². The Kier molecular flexibility index (Phi) is 3.27. The highest BCUT2D eigenvalue weighted by Crippen LogP contribution is 2.29. The molecule has 1 aromatic carbocycles. The van der Waals surface area contributed by atoms with Gasteiger partial charge in [0.25, 0.3) is 0 Å². The maximum atomic E-state index is 12.0. The number of carboxylic acids is 1. The monoisotopic (exact) mass is 245 g/mol. The number of hydrogen-bond donors (Lipinski definition) is 1. The number of alkyl halides is 3. The minimum atomic E-state index is -4.91. The van der Waals surface area contributed by atoms with Crippen LogP contribution in [0.3, 0.4) is 0 Å².